The zero-order valence-corrected chi connectivity index (χ0v) is 8.64. The van der Waals surface area contributed by atoms with Crippen molar-refractivity contribution < 1.29 is 4.79 Å². The van der Waals surface area contributed by atoms with Gasteiger partial charge in [-0.05, 0) is 26.2 Å². The van der Waals surface area contributed by atoms with Crippen molar-refractivity contribution >= 4 is 40.6 Å². The van der Waals surface area contributed by atoms with E-state index in [1.165, 1.54) is 0 Å². The maximum atomic E-state index is 10.5. The predicted octanol–water partition coefficient (Wildman–Crippen LogP) is 3.51. The quantitative estimate of drug-likeness (QED) is 0.520. The molecule has 0 radical (unpaired) electrons. The third kappa shape index (κ3) is 10.5. The average molecular weight is 218 g/mol. The maximum absolute atomic E-state index is 10.5. The zero-order chi connectivity index (χ0) is 8.91. The molecule has 1 nitrogen and oxygen atoms in total. The van der Waals surface area contributed by atoms with Crippen LogP contribution in [0.5, 0.6) is 0 Å². The van der Waals surface area contributed by atoms with E-state index in [0.717, 1.165) is 12.8 Å². The Hall–Kier alpha value is 0.540. The summed E-state index contributed by atoms with van der Waals surface area (Å²) in [7, 11) is 0. The summed E-state index contributed by atoms with van der Waals surface area (Å²) < 4.78 is -1.16. The van der Waals surface area contributed by atoms with E-state index in [4.69, 9.17) is 34.8 Å². The van der Waals surface area contributed by atoms with Crippen LogP contribution in [-0.4, -0.2) is 9.58 Å². The first-order chi connectivity index (χ1) is 4.92. The van der Waals surface area contributed by atoms with Crippen LogP contribution in [0.1, 0.15) is 32.6 Å². The van der Waals surface area contributed by atoms with Crippen LogP contribution in [0.15, 0.2) is 0 Å². The highest BCUT2D eigenvalue weighted by molar-refractivity contribution is 6.67. The van der Waals surface area contributed by atoms with Gasteiger partial charge in [-0.2, -0.15) is 0 Å². The Bertz CT molecular complexity index is 128. The van der Waals surface area contributed by atoms with Gasteiger partial charge in [-0.15, -0.1) is 0 Å². The van der Waals surface area contributed by atoms with Crippen LogP contribution in [0.2, 0.25) is 0 Å². The van der Waals surface area contributed by atoms with E-state index in [0.29, 0.717) is 12.8 Å². The molecule has 0 aliphatic carbocycles. The van der Waals surface area contributed by atoms with Gasteiger partial charge in [-0.1, -0.05) is 34.8 Å². The fraction of sp³-hybridized carbons (Fsp3) is 0.857. The molecule has 66 valence electrons. The van der Waals surface area contributed by atoms with E-state index in [1.807, 2.05) is 0 Å². The number of carbonyl (C=O) groups excluding carboxylic acids is 1. The minimum Gasteiger partial charge on any atom is -0.300 e. The van der Waals surface area contributed by atoms with E-state index in [-0.39, 0.29) is 5.78 Å². The Balaban J connectivity index is 3.22. The monoisotopic (exact) mass is 216 g/mol. The Labute approximate surface area is 82.0 Å². The summed E-state index contributed by atoms with van der Waals surface area (Å²) >= 11 is 16.5. The first-order valence-corrected chi connectivity index (χ1v) is 4.61. The normalized spacial score (nSPS) is 11.6. The van der Waals surface area contributed by atoms with Crippen molar-refractivity contribution in [3.05, 3.63) is 0 Å². The van der Waals surface area contributed by atoms with Crippen LogP contribution >= 0.6 is 34.8 Å². The number of hydrogen-bond donors (Lipinski definition) is 0. The molecule has 0 bridgehead atoms. The molecule has 0 aromatic carbocycles. The lowest BCUT2D eigenvalue weighted by atomic mass is 10.1. The molecule has 0 spiro atoms. The molecule has 0 rings (SSSR count). The molecule has 4 heteroatoms. The van der Waals surface area contributed by atoms with E-state index in [2.05, 4.69) is 0 Å². The molecule has 0 atom stereocenters. The van der Waals surface area contributed by atoms with Gasteiger partial charge in [0.05, 0.1) is 0 Å². The van der Waals surface area contributed by atoms with Crippen molar-refractivity contribution in [3.63, 3.8) is 0 Å². The fourth-order valence-electron chi connectivity index (χ4n) is 0.699. The van der Waals surface area contributed by atoms with Gasteiger partial charge in [-0.25, -0.2) is 0 Å². The fourth-order valence-corrected chi connectivity index (χ4v) is 1.10. The smallest absolute Gasteiger partial charge is 0.190 e. The standard InChI is InChI=1S/C7H11Cl3O/c1-6(11)4-2-3-5-7(8,9)10/h2-5H2,1H3. The van der Waals surface area contributed by atoms with E-state index in [9.17, 15) is 4.79 Å². The van der Waals surface area contributed by atoms with Crippen LogP contribution in [-0.2, 0) is 4.79 Å². The topological polar surface area (TPSA) is 17.1 Å². The SMILES string of the molecule is CC(=O)CCCCC(Cl)(Cl)Cl. The van der Waals surface area contributed by atoms with Crippen LogP contribution in [0.4, 0.5) is 0 Å². The van der Waals surface area contributed by atoms with Crippen molar-refractivity contribution in [1.29, 1.82) is 0 Å². The Morgan fingerprint density at radius 3 is 2.18 bits per heavy atom. The molecule has 0 aliphatic rings. The first-order valence-electron chi connectivity index (χ1n) is 3.48. The van der Waals surface area contributed by atoms with E-state index >= 15 is 0 Å². The highest BCUT2D eigenvalue weighted by Gasteiger charge is 2.18. The summed E-state index contributed by atoms with van der Waals surface area (Å²) in [5.41, 5.74) is 0. The molecule has 0 N–H and O–H groups in total. The van der Waals surface area contributed by atoms with E-state index in [1.54, 1.807) is 6.92 Å². The van der Waals surface area contributed by atoms with Crippen LogP contribution in [0.25, 0.3) is 0 Å². The second kappa shape index (κ2) is 5.23. The highest BCUT2D eigenvalue weighted by Crippen LogP contribution is 2.31. The van der Waals surface area contributed by atoms with Crippen LogP contribution in [0.3, 0.4) is 0 Å². The lowest BCUT2D eigenvalue weighted by molar-refractivity contribution is -0.117. The Kier molecular flexibility index (Phi) is 5.49. The van der Waals surface area contributed by atoms with Gasteiger partial charge >= 0.3 is 0 Å². The Morgan fingerprint density at radius 2 is 1.82 bits per heavy atom. The molecule has 0 saturated heterocycles. The molecular weight excluding hydrogens is 206 g/mol. The van der Waals surface area contributed by atoms with Crippen molar-refractivity contribution in [2.24, 2.45) is 0 Å². The number of halogens is 3. The first kappa shape index (κ1) is 11.5. The molecular formula is C7H11Cl3O. The molecule has 0 saturated carbocycles. The molecule has 0 aromatic heterocycles. The summed E-state index contributed by atoms with van der Waals surface area (Å²) in [5.74, 6) is 0.189. The molecule has 11 heavy (non-hydrogen) atoms. The second-order valence-electron chi connectivity index (χ2n) is 2.52. The zero-order valence-electron chi connectivity index (χ0n) is 6.37. The summed E-state index contributed by atoms with van der Waals surface area (Å²) in [6.07, 6.45) is 2.70. The van der Waals surface area contributed by atoms with Gasteiger partial charge in [-0.3, -0.25) is 0 Å². The van der Waals surface area contributed by atoms with E-state index < -0.39 is 3.79 Å². The minimum absolute atomic E-state index is 0.189. The number of rotatable bonds is 4. The third-order valence-electron chi connectivity index (χ3n) is 1.24. The van der Waals surface area contributed by atoms with Crippen molar-refractivity contribution in [1.82, 2.24) is 0 Å². The van der Waals surface area contributed by atoms with Crippen molar-refractivity contribution in [3.8, 4) is 0 Å². The molecule has 0 fully saturated rings. The average Bonchev–Trinajstić information content (AvgIpc) is 1.78. The van der Waals surface area contributed by atoms with Gasteiger partial charge in [0.25, 0.3) is 0 Å². The van der Waals surface area contributed by atoms with Gasteiger partial charge in [0.15, 0.2) is 3.79 Å². The molecule has 0 aromatic rings. The number of Topliss-reactive ketones (excluding diaryl/α,β-unsaturated/α-hetero) is 1. The second-order valence-corrected chi connectivity index (χ2v) is 5.04. The van der Waals surface area contributed by atoms with Crippen LogP contribution in [0, 0.1) is 0 Å². The van der Waals surface area contributed by atoms with Crippen molar-refractivity contribution in [2.75, 3.05) is 0 Å². The summed E-state index contributed by atoms with van der Waals surface area (Å²) in [6, 6.07) is 0. The summed E-state index contributed by atoms with van der Waals surface area (Å²) in [6.45, 7) is 1.56. The number of alkyl halides is 3. The van der Waals surface area contributed by atoms with Gasteiger partial charge < -0.3 is 4.79 Å². The third-order valence-corrected chi connectivity index (χ3v) is 1.81. The van der Waals surface area contributed by atoms with Crippen molar-refractivity contribution in [2.45, 2.75) is 36.4 Å². The van der Waals surface area contributed by atoms with Gasteiger partial charge in [0.1, 0.15) is 5.78 Å². The molecule has 0 amide bonds. The lowest BCUT2D eigenvalue weighted by Crippen LogP contribution is -2.01. The largest absolute Gasteiger partial charge is 0.300 e. The minimum atomic E-state index is -1.16. The van der Waals surface area contributed by atoms with Gasteiger partial charge in [0, 0.05) is 6.42 Å². The molecule has 0 heterocycles. The Morgan fingerprint density at radius 1 is 1.27 bits per heavy atom. The number of hydrogen-bond acceptors (Lipinski definition) is 1. The number of carbonyl (C=O) groups is 1. The number of unbranched alkanes of at least 4 members (excludes halogenated alkanes) is 1. The maximum Gasteiger partial charge on any atom is 0.190 e. The molecule has 0 aliphatic heterocycles. The van der Waals surface area contributed by atoms with Gasteiger partial charge in [0.2, 0.25) is 0 Å². The predicted molar refractivity (Wildman–Crippen MR) is 49.4 cm³/mol. The number of ketones is 1. The summed E-state index contributed by atoms with van der Waals surface area (Å²) in [4.78, 5) is 10.5. The molecule has 0 unspecified atom stereocenters. The summed E-state index contributed by atoms with van der Waals surface area (Å²) in [5, 5.41) is 0. The lowest BCUT2D eigenvalue weighted by Gasteiger charge is -2.08. The van der Waals surface area contributed by atoms with Crippen LogP contribution < -0.4 is 0 Å². The highest BCUT2D eigenvalue weighted by atomic mass is 35.6.